The van der Waals surface area contributed by atoms with Crippen LogP contribution in [0, 0.1) is 22.7 Å². The van der Waals surface area contributed by atoms with E-state index in [1.165, 1.54) is 5.56 Å². The molecule has 3 aliphatic carbocycles. The molecule has 0 heterocycles. The van der Waals surface area contributed by atoms with E-state index >= 15 is 0 Å². The van der Waals surface area contributed by atoms with Crippen LogP contribution >= 0.6 is 0 Å². The van der Waals surface area contributed by atoms with Gasteiger partial charge < -0.3 is 20.4 Å². The molecule has 4 N–H and O–H groups in total. The van der Waals surface area contributed by atoms with Gasteiger partial charge in [0.1, 0.15) is 22.8 Å². The molecular weight excluding hydrogens is 592 g/mol. The number of aryl methyl sites for hydroxylation is 1. The van der Waals surface area contributed by atoms with Crippen LogP contribution in [0.5, 0.6) is 5.75 Å². The first-order valence-electron chi connectivity index (χ1n) is 16.7. The second-order valence-electron chi connectivity index (χ2n) is 15.2. The van der Waals surface area contributed by atoms with Crippen molar-refractivity contribution >= 4 is 23.1 Å². The number of hydrogen-bond acceptors (Lipinski definition) is 7. The van der Waals surface area contributed by atoms with E-state index in [1.54, 1.807) is 20.8 Å². The number of carbonyl (C=O) groups is 3. The Morgan fingerprint density at radius 2 is 1.60 bits per heavy atom. The molecule has 1 fully saturated rings. The summed E-state index contributed by atoms with van der Waals surface area (Å²) in [5.41, 5.74) is -0.327. The van der Waals surface area contributed by atoms with Crippen LogP contribution in [-0.2, 0) is 40.1 Å². The van der Waals surface area contributed by atoms with Gasteiger partial charge in [-0.1, -0.05) is 91.0 Å². The van der Waals surface area contributed by atoms with Gasteiger partial charge in [0.2, 0.25) is 5.78 Å². The number of allylic oxidation sites excluding steroid dienone is 2. The second-order valence-corrected chi connectivity index (χ2v) is 15.2. The zero-order chi connectivity index (χ0) is 35.0. The van der Waals surface area contributed by atoms with Crippen LogP contribution in [0.25, 0.3) is 5.76 Å². The third-order valence-corrected chi connectivity index (χ3v) is 11.1. The second kappa shape index (κ2) is 11.6. The Morgan fingerprint density at radius 3 is 2.13 bits per heavy atom. The first-order valence-corrected chi connectivity index (χ1v) is 16.7. The fourth-order valence-corrected chi connectivity index (χ4v) is 9.03. The molecule has 1 unspecified atom stereocenters. The molecule has 0 bridgehead atoms. The fraction of sp³-hybridized carbons (Fsp3) is 0.475. The maximum Gasteiger partial charge on any atom is 0.203 e. The summed E-state index contributed by atoms with van der Waals surface area (Å²) in [5.74, 6) is -5.17. The number of aromatic hydroxyl groups is 1. The van der Waals surface area contributed by atoms with Crippen molar-refractivity contribution < 1.29 is 34.8 Å². The predicted molar refractivity (Wildman–Crippen MR) is 182 cm³/mol. The lowest BCUT2D eigenvalue weighted by Gasteiger charge is -2.60. The highest BCUT2D eigenvalue weighted by atomic mass is 16.3. The Morgan fingerprint density at radius 1 is 1.00 bits per heavy atom. The summed E-state index contributed by atoms with van der Waals surface area (Å²) in [5, 5.41) is 47.6. The average molecular weight is 641 g/mol. The minimum atomic E-state index is -2.63. The van der Waals surface area contributed by atoms with Crippen molar-refractivity contribution in [3.63, 3.8) is 0 Å². The Hall–Kier alpha value is -3.97. The lowest BCUT2D eigenvalue weighted by Crippen LogP contribution is -2.69. The molecule has 0 amide bonds. The van der Waals surface area contributed by atoms with Gasteiger partial charge in [-0.3, -0.25) is 14.4 Å². The van der Waals surface area contributed by atoms with Crippen LogP contribution in [-0.4, -0.2) is 43.4 Å². The molecule has 2 aromatic rings. The molecule has 5 rings (SSSR count). The topological polar surface area (TPSA) is 132 Å². The van der Waals surface area contributed by atoms with Crippen molar-refractivity contribution in [2.75, 3.05) is 0 Å². The Kier molecular flexibility index (Phi) is 8.50. The van der Waals surface area contributed by atoms with Gasteiger partial charge in [0, 0.05) is 22.3 Å². The summed E-state index contributed by atoms with van der Waals surface area (Å²) in [7, 11) is 0. The molecule has 0 aliphatic heterocycles. The van der Waals surface area contributed by atoms with Crippen molar-refractivity contribution in [3.8, 4) is 5.75 Å². The van der Waals surface area contributed by atoms with E-state index in [9.17, 15) is 34.8 Å². The average Bonchev–Trinajstić information content (AvgIpc) is 2.96. The van der Waals surface area contributed by atoms with Crippen molar-refractivity contribution in [2.45, 2.75) is 99.0 Å². The summed E-state index contributed by atoms with van der Waals surface area (Å²) in [6.45, 7) is 18.6. The number of hydrogen-bond donors (Lipinski definition) is 4. The maximum absolute atomic E-state index is 14.7. The van der Waals surface area contributed by atoms with Gasteiger partial charge in [0.05, 0.1) is 5.56 Å². The number of ketones is 3. The Balaban J connectivity index is 1.68. The molecule has 0 spiro atoms. The smallest absolute Gasteiger partial charge is 0.203 e. The van der Waals surface area contributed by atoms with Crippen LogP contribution in [0.3, 0.4) is 0 Å². The summed E-state index contributed by atoms with van der Waals surface area (Å²) >= 11 is 0. The van der Waals surface area contributed by atoms with Gasteiger partial charge in [-0.05, 0) is 78.7 Å². The van der Waals surface area contributed by atoms with Crippen LogP contribution in [0.15, 0.2) is 59.4 Å². The van der Waals surface area contributed by atoms with Gasteiger partial charge in [0.25, 0.3) is 0 Å². The minimum absolute atomic E-state index is 0.00693. The van der Waals surface area contributed by atoms with Crippen molar-refractivity contribution in [1.82, 2.24) is 0 Å². The molecular formula is C40H48O7. The normalized spacial score (nSPS) is 27.3. The summed E-state index contributed by atoms with van der Waals surface area (Å²) in [6.07, 6.45) is 2.22. The molecule has 1 saturated carbocycles. The van der Waals surface area contributed by atoms with E-state index in [-0.39, 0.29) is 41.6 Å². The molecule has 47 heavy (non-hydrogen) atoms. The molecule has 250 valence electrons. The summed E-state index contributed by atoms with van der Waals surface area (Å²) in [6, 6.07) is 10.3. The first-order chi connectivity index (χ1) is 21.8. The van der Waals surface area contributed by atoms with E-state index in [1.807, 2.05) is 26.8 Å². The molecule has 0 aromatic heterocycles. The van der Waals surface area contributed by atoms with E-state index in [4.69, 9.17) is 0 Å². The summed E-state index contributed by atoms with van der Waals surface area (Å²) < 4.78 is 0. The Labute approximate surface area is 277 Å². The van der Waals surface area contributed by atoms with Crippen LogP contribution < -0.4 is 0 Å². The molecule has 7 nitrogen and oxygen atoms in total. The van der Waals surface area contributed by atoms with Crippen LogP contribution in [0.2, 0.25) is 0 Å². The number of fused-ring (bicyclic) bond motifs is 3. The molecule has 0 saturated heterocycles. The summed E-state index contributed by atoms with van der Waals surface area (Å²) in [4.78, 5) is 41.1. The van der Waals surface area contributed by atoms with Gasteiger partial charge in [-0.25, -0.2) is 0 Å². The highest BCUT2D eigenvalue weighted by Crippen LogP contribution is 2.65. The monoisotopic (exact) mass is 640 g/mol. The Bertz CT molecular complexity index is 1770. The van der Waals surface area contributed by atoms with E-state index in [0.29, 0.717) is 24.0 Å². The first kappa shape index (κ1) is 34.4. The van der Waals surface area contributed by atoms with E-state index < -0.39 is 56.8 Å². The van der Waals surface area contributed by atoms with Crippen LogP contribution in [0.1, 0.15) is 101 Å². The molecule has 0 radical (unpaired) electrons. The zero-order valence-corrected chi connectivity index (χ0v) is 28.9. The molecule has 7 heteroatoms. The number of aliphatic hydroxyl groups excluding tert-OH is 2. The standard InChI is InChI=1S/C40H48O7/c1-10-24-11-13-25(14-12-24)15-22(6)16-26-17-27(20(2)3)28-18-38(8)19-39(9)31(21(4)5)34(43)29(23(7)41)36(45)40(39,47)37(46)32(38)35(44)30(28)33(26)42/h11-14,17,20-21,31,42,44-45,47H,6,10,15-16,18-19H2,1-5,7-9H3/t31?,38-,39-,40+/m1/s1. The SMILES string of the molecule is C=C(Cc1ccc(CC)cc1)Cc1cc(C(C)C)c2c(c1O)C(O)=C1C(=O)[C@@]3(O)C(O)=C(C(C)=O)C(=O)C(C(C)C)[C@@]3(C)C[C@@]1(C)C2. The maximum atomic E-state index is 14.7. The van der Waals surface area contributed by atoms with Gasteiger partial charge in [-0.2, -0.15) is 0 Å². The van der Waals surface area contributed by atoms with E-state index in [0.717, 1.165) is 30.0 Å². The van der Waals surface area contributed by atoms with Crippen molar-refractivity contribution in [2.24, 2.45) is 22.7 Å². The lowest BCUT2D eigenvalue weighted by atomic mass is 9.43. The number of aliphatic hydroxyl groups is 3. The highest BCUT2D eigenvalue weighted by molar-refractivity contribution is 6.24. The third-order valence-electron chi connectivity index (χ3n) is 11.1. The number of benzene rings is 2. The third kappa shape index (κ3) is 5.00. The molecule has 2 aromatic carbocycles. The minimum Gasteiger partial charge on any atom is -0.508 e. The predicted octanol–water partition coefficient (Wildman–Crippen LogP) is 7.22. The van der Waals surface area contributed by atoms with E-state index in [2.05, 4.69) is 37.8 Å². The number of Topliss-reactive ketones (excluding diaryl/α,β-unsaturated/α-hetero) is 3. The van der Waals surface area contributed by atoms with Crippen molar-refractivity contribution in [3.05, 3.63) is 92.8 Å². The van der Waals surface area contributed by atoms with Gasteiger partial charge in [0.15, 0.2) is 17.2 Å². The van der Waals surface area contributed by atoms with Crippen molar-refractivity contribution in [1.29, 1.82) is 0 Å². The highest BCUT2D eigenvalue weighted by Gasteiger charge is 2.72. The number of carbonyl (C=O) groups excluding carboxylic acids is 3. The number of phenols is 1. The van der Waals surface area contributed by atoms with Gasteiger partial charge in [-0.15, -0.1) is 0 Å². The zero-order valence-electron chi connectivity index (χ0n) is 28.9. The van der Waals surface area contributed by atoms with Gasteiger partial charge >= 0.3 is 0 Å². The quantitative estimate of drug-likeness (QED) is 0.177. The fourth-order valence-electron chi connectivity index (χ4n) is 9.03. The number of rotatable bonds is 8. The molecule has 3 aliphatic rings. The van der Waals surface area contributed by atoms with Crippen LogP contribution in [0.4, 0.5) is 0 Å². The molecule has 4 atom stereocenters. The largest absolute Gasteiger partial charge is 0.508 e. The number of phenolic OH excluding ortho intramolecular Hbond substituents is 1. The lowest BCUT2D eigenvalue weighted by molar-refractivity contribution is -0.178.